The molecule has 31 heavy (non-hydrogen) atoms. The van der Waals surface area contributed by atoms with E-state index in [-0.39, 0.29) is 38.6 Å². The number of benzene rings is 2. The van der Waals surface area contributed by atoms with Gasteiger partial charge in [-0.05, 0) is 43.7 Å². The lowest BCUT2D eigenvalue weighted by Gasteiger charge is -2.14. The SMILES string of the molecule is COc1nc(Oc2ccc([C@@H](C)N)cc2)c(C)nc1NS(=O)(=O)c1cccc(Cl)c1Cl. The molecule has 0 bridgehead atoms. The number of methoxy groups -OCH3 is 1. The molecule has 0 amide bonds. The highest BCUT2D eigenvalue weighted by Gasteiger charge is 2.24. The van der Waals surface area contributed by atoms with Crippen molar-refractivity contribution in [3.63, 3.8) is 0 Å². The molecule has 8 nitrogen and oxygen atoms in total. The number of aromatic nitrogens is 2. The number of hydrogen-bond donors (Lipinski definition) is 2. The fourth-order valence-corrected chi connectivity index (χ4v) is 4.38. The van der Waals surface area contributed by atoms with Crippen LogP contribution in [-0.2, 0) is 10.0 Å². The van der Waals surface area contributed by atoms with Gasteiger partial charge in [-0.3, -0.25) is 4.72 Å². The lowest BCUT2D eigenvalue weighted by atomic mass is 10.1. The van der Waals surface area contributed by atoms with Gasteiger partial charge in [-0.25, -0.2) is 13.4 Å². The molecule has 0 aliphatic carbocycles. The highest BCUT2D eigenvalue weighted by molar-refractivity contribution is 7.92. The van der Waals surface area contributed by atoms with Crippen molar-refractivity contribution in [1.29, 1.82) is 0 Å². The summed E-state index contributed by atoms with van der Waals surface area (Å²) in [7, 11) is -2.76. The van der Waals surface area contributed by atoms with Crippen LogP contribution in [0.1, 0.15) is 24.2 Å². The molecule has 3 rings (SSSR count). The summed E-state index contributed by atoms with van der Waals surface area (Å²) in [5.41, 5.74) is 7.15. The fraction of sp³-hybridized carbons (Fsp3) is 0.200. The van der Waals surface area contributed by atoms with Crippen LogP contribution in [0.15, 0.2) is 47.4 Å². The van der Waals surface area contributed by atoms with Crippen molar-refractivity contribution >= 4 is 39.0 Å². The quantitative estimate of drug-likeness (QED) is 0.500. The number of nitrogens with two attached hydrogens (primary N) is 1. The van der Waals surface area contributed by atoms with Crippen molar-refractivity contribution < 1.29 is 17.9 Å². The monoisotopic (exact) mass is 482 g/mol. The summed E-state index contributed by atoms with van der Waals surface area (Å²) in [6.45, 7) is 3.51. The van der Waals surface area contributed by atoms with Crippen molar-refractivity contribution in [1.82, 2.24) is 9.97 Å². The first kappa shape index (κ1) is 23.1. The van der Waals surface area contributed by atoms with E-state index in [4.69, 9.17) is 38.4 Å². The first-order valence-corrected chi connectivity index (χ1v) is 11.3. The predicted octanol–water partition coefficient (Wildman–Crippen LogP) is 4.71. The second kappa shape index (κ2) is 9.27. The van der Waals surface area contributed by atoms with E-state index in [1.54, 1.807) is 19.1 Å². The Hall–Kier alpha value is -2.59. The van der Waals surface area contributed by atoms with Crippen molar-refractivity contribution in [2.75, 3.05) is 11.8 Å². The maximum Gasteiger partial charge on any atom is 0.264 e. The average Bonchev–Trinajstić information content (AvgIpc) is 2.72. The zero-order valence-electron chi connectivity index (χ0n) is 16.9. The normalized spacial score (nSPS) is 12.3. The van der Waals surface area contributed by atoms with Gasteiger partial charge in [0, 0.05) is 6.04 Å². The van der Waals surface area contributed by atoms with Crippen molar-refractivity contribution in [2.24, 2.45) is 5.73 Å². The Kier molecular flexibility index (Phi) is 6.90. The number of nitrogens with one attached hydrogen (secondary N) is 1. The van der Waals surface area contributed by atoms with Crippen molar-refractivity contribution in [2.45, 2.75) is 24.8 Å². The van der Waals surface area contributed by atoms with E-state index < -0.39 is 10.0 Å². The fourth-order valence-electron chi connectivity index (χ4n) is 2.62. The number of rotatable bonds is 7. The van der Waals surface area contributed by atoms with E-state index >= 15 is 0 Å². The summed E-state index contributed by atoms with van der Waals surface area (Å²) in [6, 6.07) is 11.4. The average molecular weight is 483 g/mol. The van der Waals surface area contributed by atoms with Gasteiger partial charge in [0.1, 0.15) is 16.3 Å². The summed E-state index contributed by atoms with van der Waals surface area (Å²) in [6.07, 6.45) is 0. The van der Waals surface area contributed by atoms with Crippen LogP contribution in [-0.4, -0.2) is 25.5 Å². The molecule has 0 spiro atoms. The second-order valence-electron chi connectivity index (χ2n) is 6.59. The van der Waals surface area contributed by atoms with E-state index in [0.29, 0.717) is 11.4 Å². The van der Waals surface area contributed by atoms with Crippen LogP contribution in [0.25, 0.3) is 0 Å². The summed E-state index contributed by atoms with van der Waals surface area (Å²) >= 11 is 12.0. The number of anilines is 1. The summed E-state index contributed by atoms with van der Waals surface area (Å²) in [4.78, 5) is 8.30. The minimum atomic E-state index is -4.10. The zero-order chi connectivity index (χ0) is 22.8. The minimum absolute atomic E-state index is 0.0745. The lowest BCUT2D eigenvalue weighted by molar-refractivity contribution is 0.381. The molecule has 0 saturated heterocycles. The smallest absolute Gasteiger partial charge is 0.264 e. The third kappa shape index (κ3) is 5.19. The molecule has 1 aromatic heterocycles. The zero-order valence-corrected chi connectivity index (χ0v) is 19.2. The molecule has 0 radical (unpaired) electrons. The number of ether oxygens (including phenoxy) is 2. The maximum absolute atomic E-state index is 12.8. The molecule has 1 heterocycles. The minimum Gasteiger partial charge on any atom is -0.478 e. The van der Waals surface area contributed by atoms with Crippen LogP contribution in [0.3, 0.4) is 0 Å². The highest BCUT2D eigenvalue weighted by atomic mass is 35.5. The van der Waals surface area contributed by atoms with Gasteiger partial charge >= 0.3 is 0 Å². The summed E-state index contributed by atoms with van der Waals surface area (Å²) < 4.78 is 38.9. The van der Waals surface area contributed by atoms with Gasteiger partial charge in [0.25, 0.3) is 15.9 Å². The van der Waals surface area contributed by atoms with Gasteiger partial charge in [0.2, 0.25) is 11.7 Å². The third-order valence-electron chi connectivity index (χ3n) is 4.25. The van der Waals surface area contributed by atoms with E-state index in [1.165, 1.54) is 25.3 Å². The Morgan fingerprint density at radius 2 is 1.74 bits per heavy atom. The van der Waals surface area contributed by atoms with Crippen molar-refractivity contribution in [3.8, 4) is 17.5 Å². The van der Waals surface area contributed by atoms with Crippen LogP contribution < -0.4 is 19.9 Å². The third-order valence-corrected chi connectivity index (χ3v) is 6.56. The van der Waals surface area contributed by atoms with Gasteiger partial charge < -0.3 is 15.2 Å². The van der Waals surface area contributed by atoms with Crippen molar-refractivity contribution in [3.05, 3.63) is 63.8 Å². The molecule has 0 saturated carbocycles. The van der Waals surface area contributed by atoms with Crippen LogP contribution >= 0.6 is 23.2 Å². The molecule has 3 N–H and O–H groups in total. The predicted molar refractivity (Wildman–Crippen MR) is 120 cm³/mol. The van der Waals surface area contributed by atoms with E-state index in [9.17, 15) is 8.42 Å². The number of aryl methyl sites for hydroxylation is 1. The molecule has 0 aliphatic rings. The summed E-state index contributed by atoms with van der Waals surface area (Å²) in [5, 5.41) is 0.00748. The van der Waals surface area contributed by atoms with Crippen LogP contribution in [0.4, 0.5) is 5.82 Å². The first-order valence-electron chi connectivity index (χ1n) is 9.05. The molecule has 1 atom stereocenters. The first-order chi connectivity index (χ1) is 14.6. The van der Waals surface area contributed by atoms with E-state index in [1.807, 2.05) is 19.1 Å². The Labute approximate surface area is 190 Å². The second-order valence-corrected chi connectivity index (χ2v) is 9.03. The van der Waals surface area contributed by atoms with Crippen LogP contribution in [0.5, 0.6) is 17.5 Å². The molecule has 0 aliphatic heterocycles. The Bertz CT molecular complexity index is 1200. The molecule has 0 unspecified atom stereocenters. The van der Waals surface area contributed by atoms with Gasteiger partial charge in [0.15, 0.2) is 0 Å². The van der Waals surface area contributed by atoms with Crippen LogP contribution in [0, 0.1) is 6.92 Å². The molecule has 0 fully saturated rings. The summed E-state index contributed by atoms with van der Waals surface area (Å²) in [5.74, 6) is 0.488. The Morgan fingerprint density at radius 1 is 1.06 bits per heavy atom. The number of hydrogen-bond acceptors (Lipinski definition) is 7. The molecule has 11 heteroatoms. The van der Waals surface area contributed by atoms with Crippen LogP contribution in [0.2, 0.25) is 10.0 Å². The lowest BCUT2D eigenvalue weighted by Crippen LogP contribution is -2.16. The molecule has 164 valence electrons. The highest BCUT2D eigenvalue weighted by Crippen LogP contribution is 2.33. The molecular formula is C20H20Cl2N4O4S. The maximum atomic E-state index is 12.8. The Balaban J connectivity index is 1.91. The number of nitrogens with zero attached hydrogens (tertiary/aromatic N) is 2. The number of halogens is 2. The molecule has 3 aromatic rings. The van der Waals surface area contributed by atoms with Gasteiger partial charge in [-0.2, -0.15) is 4.98 Å². The van der Waals surface area contributed by atoms with Gasteiger partial charge in [-0.1, -0.05) is 41.4 Å². The largest absolute Gasteiger partial charge is 0.478 e. The number of sulfonamides is 1. The Morgan fingerprint density at radius 3 is 2.35 bits per heavy atom. The molecular weight excluding hydrogens is 463 g/mol. The van der Waals surface area contributed by atoms with Gasteiger partial charge in [-0.15, -0.1) is 0 Å². The standard InChI is InChI=1S/C20H20Cl2N4O4S/c1-11(23)13-7-9-14(10-8-13)30-19-12(2)24-18(20(25-19)29-3)26-31(27,28)16-6-4-5-15(21)17(16)22/h4-11H,23H2,1-3H3,(H,24,26)/t11-/m1/s1. The molecule has 2 aromatic carbocycles. The topological polar surface area (TPSA) is 116 Å². The van der Waals surface area contributed by atoms with Gasteiger partial charge in [0.05, 0.1) is 17.2 Å². The van der Waals surface area contributed by atoms with E-state index in [0.717, 1.165) is 5.56 Å². The van der Waals surface area contributed by atoms with E-state index in [2.05, 4.69) is 14.7 Å².